The summed E-state index contributed by atoms with van der Waals surface area (Å²) in [6, 6.07) is 6.01. The fraction of sp³-hybridized carbons (Fsp3) is 0.600. The molecule has 2 unspecified atom stereocenters. The van der Waals surface area contributed by atoms with Gasteiger partial charge in [-0.05, 0) is 55.4 Å². The van der Waals surface area contributed by atoms with Gasteiger partial charge in [-0.15, -0.1) is 0 Å². The quantitative estimate of drug-likeness (QED) is 0.893. The molecule has 3 nitrogen and oxygen atoms in total. The van der Waals surface area contributed by atoms with E-state index in [0.717, 1.165) is 37.2 Å². The molecule has 0 saturated carbocycles. The van der Waals surface area contributed by atoms with E-state index in [0.29, 0.717) is 6.61 Å². The maximum Gasteiger partial charge on any atom is 0.119 e. The molecular weight excluding hydrogens is 228 g/mol. The Morgan fingerprint density at radius 1 is 1.28 bits per heavy atom. The van der Waals surface area contributed by atoms with Gasteiger partial charge in [0.1, 0.15) is 12.4 Å². The van der Waals surface area contributed by atoms with Crippen LogP contribution in [0.4, 0.5) is 0 Å². The summed E-state index contributed by atoms with van der Waals surface area (Å²) in [5.41, 5.74) is 2.29. The molecule has 18 heavy (non-hydrogen) atoms. The van der Waals surface area contributed by atoms with Crippen molar-refractivity contribution in [3.05, 3.63) is 29.3 Å². The lowest BCUT2D eigenvalue weighted by molar-refractivity contribution is -0.0110. The van der Waals surface area contributed by atoms with Crippen molar-refractivity contribution >= 4 is 0 Å². The number of aryl methyl sites for hydroxylation is 1. The highest BCUT2D eigenvalue weighted by Gasteiger charge is 2.20. The summed E-state index contributed by atoms with van der Waals surface area (Å²) in [7, 11) is 0. The first-order valence-corrected chi connectivity index (χ1v) is 6.88. The van der Waals surface area contributed by atoms with E-state index in [9.17, 15) is 5.11 Å². The van der Waals surface area contributed by atoms with E-state index in [1.807, 2.05) is 12.1 Å². The average Bonchev–Trinajstić information content (AvgIpc) is 2.79. The lowest BCUT2D eigenvalue weighted by Gasteiger charge is -2.22. The van der Waals surface area contributed by atoms with Gasteiger partial charge >= 0.3 is 0 Å². The molecule has 2 atom stereocenters. The summed E-state index contributed by atoms with van der Waals surface area (Å²) >= 11 is 0. The van der Waals surface area contributed by atoms with Crippen molar-refractivity contribution in [1.29, 1.82) is 0 Å². The Bertz CT molecular complexity index is 410. The van der Waals surface area contributed by atoms with Gasteiger partial charge in [-0.25, -0.2) is 0 Å². The number of aliphatic hydroxyl groups excluding tert-OH is 1. The predicted octanol–water partition coefficient (Wildman–Crippen LogP) is 2.61. The first kappa shape index (κ1) is 12.0. The van der Waals surface area contributed by atoms with E-state index in [1.165, 1.54) is 18.4 Å². The van der Waals surface area contributed by atoms with Crippen molar-refractivity contribution in [1.82, 2.24) is 0 Å². The monoisotopic (exact) mass is 248 g/mol. The van der Waals surface area contributed by atoms with E-state index in [2.05, 4.69) is 6.07 Å². The first-order chi connectivity index (χ1) is 8.83. The van der Waals surface area contributed by atoms with Crippen LogP contribution in [-0.2, 0) is 11.2 Å². The maximum atomic E-state index is 9.75. The Labute approximate surface area is 108 Å². The minimum absolute atomic E-state index is 0.248. The lowest BCUT2D eigenvalue weighted by Crippen LogP contribution is -2.25. The van der Waals surface area contributed by atoms with Crippen molar-refractivity contribution < 1.29 is 14.6 Å². The molecule has 1 N–H and O–H groups in total. The molecule has 1 fully saturated rings. The third-order valence-electron chi connectivity index (χ3n) is 3.87. The van der Waals surface area contributed by atoms with Crippen LogP contribution in [0.25, 0.3) is 0 Å². The highest BCUT2D eigenvalue weighted by atomic mass is 16.5. The molecule has 1 heterocycles. The van der Waals surface area contributed by atoms with E-state index >= 15 is 0 Å². The van der Waals surface area contributed by atoms with E-state index in [1.54, 1.807) is 0 Å². The molecule has 0 spiro atoms. The number of hydrogen-bond acceptors (Lipinski definition) is 3. The molecule has 3 rings (SSSR count). The predicted molar refractivity (Wildman–Crippen MR) is 68.8 cm³/mol. The van der Waals surface area contributed by atoms with Gasteiger partial charge in [0, 0.05) is 6.61 Å². The van der Waals surface area contributed by atoms with Gasteiger partial charge in [0.2, 0.25) is 0 Å². The zero-order valence-electron chi connectivity index (χ0n) is 10.6. The van der Waals surface area contributed by atoms with Crippen molar-refractivity contribution in [2.75, 3.05) is 13.2 Å². The number of aliphatic hydroxyl groups is 1. The Morgan fingerprint density at radius 3 is 3.06 bits per heavy atom. The summed E-state index contributed by atoms with van der Waals surface area (Å²) in [4.78, 5) is 0. The molecule has 1 aromatic rings. The molecule has 1 aliphatic carbocycles. The van der Waals surface area contributed by atoms with Crippen LogP contribution in [0, 0.1) is 0 Å². The van der Waals surface area contributed by atoms with Crippen LogP contribution in [-0.4, -0.2) is 24.4 Å². The van der Waals surface area contributed by atoms with Crippen LogP contribution in [0.3, 0.4) is 0 Å². The van der Waals surface area contributed by atoms with Crippen LogP contribution in [0.2, 0.25) is 0 Å². The fourth-order valence-electron chi connectivity index (χ4n) is 2.79. The molecule has 98 valence electrons. The van der Waals surface area contributed by atoms with Gasteiger partial charge < -0.3 is 14.6 Å². The second kappa shape index (κ2) is 5.29. The largest absolute Gasteiger partial charge is 0.491 e. The third kappa shape index (κ3) is 2.52. The first-order valence-electron chi connectivity index (χ1n) is 6.88. The summed E-state index contributed by atoms with van der Waals surface area (Å²) in [6.45, 7) is 1.51. The lowest BCUT2D eigenvalue weighted by atomic mass is 10.1. The summed E-state index contributed by atoms with van der Waals surface area (Å²) < 4.78 is 11.4. The van der Waals surface area contributed by atoms with Crippen molar-refractivity contribution in [3.8, 4) is 5.75 Å². The second-order valence-electron chi connectivity index (χ2n) is 5.21. The van der Waals surface area contributed by atoms with Crippen LogP contribution in [0.1, 0.15) is 42.9 Å². The highest BCUT2D eigenvalue weighted by molar-refractivity contribution is 5.39. The zero-order chi connectivity index (χ0) is 12.4. The molecule has 2 aliphatic rings. The summed E-state index contributed by atoms with van der Waals surface area (Å²) in [5, 5.41) is 9.75. The number of hydrogen-bond donors (Lipinski definition) is 1. The minimum atomic E-state index is -0.282. The highest BCUT2D eigenvalue weighted by Crippen LogP contribution is 2.33. The number of ether oxygens (including phenoxy) is 2. The normalized spacial score (nSPS) is 26.9. The number of benzene rings is 1. The number of rotatable bonds is 3. The molecule has 1 aromatic carbocycles. The van der Waals surface area contributed by atoms with Gasteiger partial charge in [-0.3, -0.25) is 0 Å². The molecule has 0 amide bonds. The van der Waals surface area contributed by atoms with Gasteiger partial charge in [0.05, 0.1) is 12.2 Å². The van der Waals surface area contributed by atoms with Gasteiger partial charge in [0.15, 0.2) is 0 Å². The minimum Gasteiger partial charge on any atom is -0.491 e. The van der Waals surface area contributed by atoms with Crippen LogP contribution in [0.15, 0.2) is 18.2 Å². The van der Waals surface area contributed by atoms with Crippen LogP contribution in [0.5, 0.6) is 5.75 Å². The topological polar surface area (TPSA) is 38.7 Å². The Balaban J connectivity index is 1.60. The molecular formula is C15H20O3. The van der Waals surface area contributed by atoms with E-state index in [-0.39, 0.29) is 12.2 Å². The van der Waals surface area contributed by atoms with Crippen molar-refractivity contribution in [2.45, 2.75) is 44.3 Å². The molecule has 0 aromatic heterocycles. The van der Waals surface area contributed by atoms with E-state index in [4.69, 9.17) is 9.47 Å². The van der Waals surface area contributed by atoms with Gasteiger partial charge in [0.25, 0.3) is 0 Å². The number of fused-ring (bicyclic) bond motifs is 1. The van der Waals surface area contributed by atoms with Gasteiger partial charge in [-0.2, -0.15) is 0 Å². The summed E-state index contributed by atoms with van der Waals surface area (Å²) in [5.74, 6) is 0.900. The maximum absolute atomic E-state index is 9.75. The van der Waals surface area contributed by atoms with Gasteiger partial charge in [-0.1, -0.05) is 6.07 Å². The van der Waals surface area contributed by atoms with Crippen molar-refractivity contribution in [2.24, 2.45) is 0 Å². The van der Waals surface area contributed by atoms with Crippen LogP contribution >= 0.6 is 0 Å². The van der Waals surface area contributed by atoms with E-state index < -0.39 is 0 Å². The molecule has 1 saturated heterocycles. The average molecular weight is 248 g/mol. The second-order valence-corrected chi connectivity index (χ2v) is 5.21. The van der Waals surface area contributed by atoms with Crippen molar-refractivity contribution in [3.63, 3.8) is 0 Å². The SMILES string of the molecule is OC1CCc2cc(OCC3CCCCO3)ccc21. The molecule has 0 radical (unpaired) electrons. The Kier molecular flexibility index (Phi) is 3.52. The summed E-state index contributed by atoms with van der Waals surface area (Å²) in [6.07, 6.45) is 5.27. The smallest absolute Gasteiger partial charge is 0.119 e. The Morgan fingerprint density at radius 2 is 2.22 bits per heavy atom. The third-order valence-corrected chi connectivity index (χ3v) is 3.87. The molecule has 1 aliphatic heterocycles. The molecule has 0 bridgehead atoms. The van der Waals surface area contributed by atoms with Crippen LogP contribution < -0.4 is 4.74 Å². The molecule has 3 heteroatoms. The standard InChI is InChI=1S/C15H20O3/c16-15-7-4-11-9-12(5-6-14(11)15)18-10-13-3-1-2-8-17-13/h5-6,9,13,15-16H,1-4,7-8,10H2. The zero-order valence-corrected chi connectivity index (χ0v) is 10.6. The fourth-order valence-corrected chi connectivity index (χ4v) is 2.79. The Hall–Kier alpha value is -1.06.